The summed E-state index contributed by atoms with van der Waals surface area (Å²) in [7, 11) is 0. The van der Waals surface area contributed by atoms with Crippen molar-refractivity contribution in [3.05, 3.63) is 87.5 Å². The summed E-state index contributed by atoms with van der Waals surface area (Å²) in [4.78, 5) is 42.1. The van der Waals surface area contributed by atoms with Crippen molar-refractivity contribution >= 4 is 22.7 Å². The lowest BCUT2D eigenvalue weighted by atomic mass is 9.86. The maximum absolute atomic E-state index is 13.3. The average Bonchev–Trinajstić information content (AvgIpc) is 3.27. The van der Waals surface area contributed by atoms with E-state index in [4.69, 9.17) is 14.5 Å². The molecule has 0 unspecified atom stereocenters. The molecule has 1 N–H and O–H groups in total. The standard InChI is InChI=1S/C29H26N3O6.BrH/c1-3-29(36)23-13-25-26-20(15-32(25)27(34)22(23)16-38-28(29)35)11-19-12-21(6-7-24(19)30-26)37-10-9-31-8-4-5-18(14-31)17(2)33;/h4-8,11-14,36H,3,9-10,15-16H2,1-2H3;1H/q+1;/p-1/t29-;/m0./s1. The molecular formula is C29H26BrN3O6. The molecule has 0 saturated heterocycles. The first-order chi connectivity index (χ1) is 18.3. The van der Waals surface area contributed by atoms with Gasteiger partial charge in [0.15, 0.2) is 30.3 Å². The molecule has 9 nitrogen and oxygen atoms in total. The Morgan fingerprint density at radius 1 is 1.23 bits per heavy atom. The third-order valence-electron chi connectivity index (χ3n) is 7.36. The fourth-order valence-electron chi connectivity index (χ4n) is 5.19. The molecule has 2 aliphatic heterocycles. The number of aromatic nitrogens is 3. The zero-order chi connectivity index (χ0) is 26.6. The predicted octanol–water partition coefficient (Wildman–Crippen LogP) is -0.347. The van der Waals surface area contributed by atoms with Gasteiger partial charge < -0.3 is 36.1 Å². The van der Waals surface area contributed by atoms with E-state index in [0.29, 0.717) is 53.5 Å². The molecule has 200 valence electrons. The molecule has 0 aliphatic carbocycles. The largest absolute Gasteiger partial charge is 1.00 e. The number of esters is 1. The number of benzene rings is 1. The van der Waals surface area contributed by atoms with Crippen molar-refractivity contribution in [2.45, 2.75) is 45.6 Å². The van der Waals surface area contributed by atoms with Crippen LogP contribution in [0.3, 0.4) is 0 Å². The minimum Gasteiger partial charge on any atom is -1.00 e. The van der Waals surface area contributed by atoms with Crippen LogP contribution in [-0.2, 0) is 34.8 Å². The Hall–Kier alpha value is -3.89. The summed E-state index contributed by atoms with van der Waals surface area (Å²) in [6.07, 6.45) is 3.80. The molecule has 0 fully saturated rings. The number of ketones is 1. The Bertz CT molecular complexity index is 1720. The van der Waals surface area contributed by atoms with Crippen LogP contribution in [0.15, 0.2) is 59.7 Å². The highest BCUT2D eigenvalue weighted by molar-refractivity contribution is 5.93. The minimum absolute atomic E-state index is 0. The number of rotatable bonds is 6. The summed E-state index contributed by atoms with van der Waals surface area (Å²) >= 11 is 0. The Balaban J connectivity index is 0.00000308. The number of nitrogens with zero attached hydrogens (tertiary/aromatic N) is 3. The zero-order valence-electron chi connectivity index (χ0n) is 21.4. The van der Waals surface area contributed by atoms with Crippen molar-refractivity contribution in [2.24, 2.45) is 0 Å². The Kier molecular flexibility index (Phi) is 6.86. The molecule has 39 heavy (non-hydrogen) atoms. The molecule has 5 heterocycles. The molecule has 0 amide bonds. The number of pyridine rings is 3. The second kappa shape index (κ2) is 10.0. The van der Waals surface area contributed by atoms with Crippen LogP contribution in [0, 0.1) is 0 Å². The lowest BCUT2D eigenvalue weighted by molar-refractivity contribution is -0.697. The van der Waals surface area contributed by atoms with Crippen LogP contribution in [0.4, 0.5) is 0 Å². The zero-order valence-corrected chi connectivity index (χ0v) is 23.0. The van der Waals surface area contributed by atoms with Crippen LogP contribution < -0.4 is 31.8 Å². The Labute approximate surface area is 234 Å². The number of cyclic esters (lactones) is 1. The van der Waals surface area contributed by atoms with Gasteiger partial charge in [0, 0.05) is 22.6 Å². The van der Waals surface area contributed by atoms with E-state index in [-0.39, 0.29) is 41.4 Å². The summed E-state index contributed by atoms with van der Waals surface area (Å²) in [6, 6.07) is 13.0. The van der Waals surface area contributed by atoms with E-state index < -0.39 is 11.6 Å². The van der Waals surface area contributed by atoms with Gasteiger partial charge in [0.2, 0.25) is 0 Å². The van der Waals surface area contributed by atoms with Gasteiger partial charge in [-0.25, -0.2) is 14.3 Å². The van der Waals surface area contributed by atoms with Gasteiger partial charge in [0.05, 0.1) is 34.6 Å². The molecule has 6 rings (SSSR count). The fraction of sp³-hybridized carbons (Fsp3) is 0.276. The van der Waals surface area contributed by atoms with Crippen molar-refractivity contribution in [3.63, 3.8) is 0 Å². The van der Waals surface area contributed by atoms with Crippen molar-refractivity contribution in [1.29, 1.82) is 0 Å². The summed E-state index contributed by atoms with van der Waals surface area (Å²) in [5.41, 5.74) is 1.98. The number of ether oxygens (including phenoxy) is 2. The molecular weight excluding hydrogens is 566 g/mol. The first-order valence-electron chi connectivity index (χ1n) is 12.5. The lowest BCUT2D eigenvalue weighted by Crippen LogP contribution is -3.00. The average molecular weight is 592 g/mol. The number of carbonyl (C=O) groups excluding carboxylic acids is 2. The molecule has 4 aromatic rings. The summed E-state index contributed by atoms with van der Waals surface area (Å²) in [6.45, 7) is 4.41. The minimum atomic E-state index is -1.85. The first-order valence-corrected chi connectivity index (χ1v) is 12.5. The van der Waals surface area contributed by atoms with E-state index >= 15 is 0 Å². The number of hydrogen-bond acceptors (Lipinski definition) is 7. The highest BCUT2D eigenvalue weighted by Gasteiger charge is 2.45. The van der Waals surface area contributed by atoms with Crippen LogP contribution in [0.5, 0.6) is 5.75 Å². The Morgan fingerprint density at radius 3 is 2.82 bits per heavy atom. The van der Waals surface area contributed by atoms with E-state index in [1.807, 2.05) is 41.1 Å². The van der Waals surface area contributed by atoms with E-state index in [9.17, 15) is 19.5 Å². The molecule has 0 radical (unpaired) electrons. The van der Waals surface area contributed by atoms with Gasteiger partial charge in [-0.3, -0.25) is 9.59 Å². The summed E-state index contributed by atoms with van der Waals surface area (Å²) < 4.78 is 14.6. The topological polar surface area (TPSA) is 112 Å². The molecule has 1 atom stereocenters. The quantitative estimate of drug-likeness (QED) is 0.163. The van der Waals surface area contributed by atoms with Gasteiger partial charge >= 0.3 is 5.97 Å². The van der Waals surface area contributed by atoms with Crippen LogP contribution in [0.25, 0.3) is 22.3 Å². The van der Waals surface area contributed by atoms with Crippen LogP contribution in [-0.4, -0.2) is 33.0 Å². The molecule has 1 aromatic carbocycles. The Morgan fingerprint density at radius 2 is 2.05 bits per heavy atom. The van der Waals surface area contributed by atoms with E-state index in [0.717, 1.165) is 16.5 Å². The smallest absolute Gasteiger partial charge is 0.343 e. The molecule has 0 saturated carbocycles. The monoisotopic (exact) mass is 591 g/mol. The maximum Gasteiger partial charge on any atom is 0.343 e. The van der Waals surface area contributed by atoms with Gasteiger partial charge in [0.1, 0.15) is 19.0 Å². The van der Waals surface area contributed by atoms with Crippen molar-refractivity contribution < 1.29 is 45.7 Å². The van der Waals surface area contributed by atoms with Gasteiger partial charge in [-0.05, 0) is 49.7 Å². The summed E-state index contributed by atoms with van der Waals surface area (Å²) in [5, 5.41) is 11.9. The fourth-order valence-corrected chi connectivity index (χ4v) is 5.19. The highest BCUT2D eigenvalue weighted by atomic mass is 79.9. The lowest BCUT2D eigenvalue weighted by Gasteiger charge is -2.31. The van der Waals surface area contributed by atoms with Gasteiger partial charge in [-0.1, -0.05) is 6.92 Å². The third-order valence-corrected chi connectivity index (χ3v) is 7.36. The second-order valence-corrected chi connectivity index (χ2v) is 9.69. The molecule has 3 aromatic heterocycles. The number of halogens is 1. The van der Waals surface area contributed by atoms with Gasteiger partial charge in [-0.2, -0.15) is 0 Å². The third kappa shape index (κ3) is 4.43. The number of aliphatic hydroxyl groups is 1. The van der Waals surface area contributed by atoms with Gasteiger partial charge in [-0.15, -0.1) is 0 Å². The number of Topliss-reactive ketones (excluding diaryl/α,β-unsaturated/α-hetero) is 1. The SMILES string of the molecule is CC[C@@]1(O)C(=O)OCc2c1cc1n(c2=O)Cc2cc3cc(OCC[n+]4cccc(C(C)=O)c4)ccc3nc2-1.[Br-]. The van der Waals surface area contributed by atoms with E-state index in [2.05, 4.69) is 0 Å². The molecule has 0 bridgehead atoms. The normalized spacial score (nSPS) is 17.1. The first kappa shape index (κ1) is 26.7. The molecule has 0 spiro atoms. The number of fused-ring (bicyclic) bond motifs is 5. The van der Waals surface area contributed by atoms with Crippen molar-refractivity contribution in [1.82, 2.24) is 9.55 Å². The van der Waals surface area contributed by atoms with Crippen molar-refractivity contribution in [3.8, 4) is 17.1 Å². The van der Waals surface area contributed by atoms with Crippen molar-refractivity contribution in [2.75, 3.05) is 6.61 Å². The molecule has 2 aliphatic rings. The van der Waals surface area contributed by atoms with Crippen LogP contribution in [0.2, 0.25) is 0 Å². The van der Waals surface area contributed by atoms with Crippen LogP contribution >= 0.6 is 0 Å². The number of hydrogen-bond donors (Lipinski definition) is 1. The maximum atomic E-state index is 13.3. The van der Waals surface area contributed by atoms with Gasteiger partial charge in [0.25, 0.3) is 5.56 Å². The van der Waals surface area contributed by atoms with E-state index in [1.165, 1.54) is 0 Å². The number of carbonyl (C=O) groups is 2. The highest BCUT2D eigenvalue weighted by Crippen LogP contribution is 2.38. The molecule has 10 heteroatoms. The van der Waals surface area contributed by atoms with E-state index in [1.54, 1.807) is 36.7 Å². The predicted molar refractivity (Wildman–Crippen MR) is 137 cm³/mol. The summed E-state index contributed by atoms with van der Waals surface area (Å²) in [5.74, 6) is -0.0318. The van der Waals surface area contributed by atoms with Crippen LogP contribution in [0.1, 0.15) is 47.3 Å². The second-order valence-electron chi connectivity index (χ2n) is 9.69.